The molecule has 0 nitrogen and oxygen atoms in total. The second kappa shape index (κ2) is 4.94. The normalized spacial score (nSPS) is 48.0. The maximum absolute atomic E-state index is 2.51. The molecular formula is C17H29. The van der Waals surface area contributed by atoms with Crippen LogP contribution >= 0.6 is 0 Å². The summed E-state index contributed by atoms with van der Waals surface area (Å²) in [4.78, 5) is 0. The van der Waals surface area contributed by atoms with Crippen LogP contribution in [0.4, 0.5) is 0 Å². The molecule has 0 aromatic carbocycles. The second-order valence-electron chi connectivity index (χ2n) is 7.13. The van der Waals surface area contributed by atoms with Crippen molar-refractivity contribution in [1.82, 2.24) is 0 Å². The van der Waals surface area contributed by atoms with E-state index in [9.17, 15) is 0 Å². The zero-order valence-electron chi connectivity index (χ0n) is 11.8. The molecule has 0 heterocycles. The van der Waals surface area contributed by atoms with Gasteiger partial charge in [-0.25, -0.2) is 0 Å². The van der Waals surface area contributed by atoms with Crippen molar-refractivity contribution in [3.63, 3.8) is 0 Å². The molecular weight excluding hydrogens is 204 g/mol. The van der Waals surface area contributed by atoms with Gasteiger partial charge in [0.05, 0.1) is 0 Å². The van der Waals surface area contributed by atoms with E-state index in [1.54, 1.807) is 19.3 Å². The van der Waals surface area contributed by atoms with Crippen molar-refractivity contribution >= 4 is 0 Å². The average Bonchev–Trinajstić information content (AvgIpc) is 2.69. The minimum absolute atomic E-state index is 0.940. The van der Waals surface area contributed by atoms with Crippen molar-refractivity contribution in [2.45, 2.75) is 71.6 Å². The van der Waals surface area contributed by atoms with Crippen LogP contribution in [0.3, 0.4) is 0 Å². The van der Waals surface area contributed by atoms with Gasteiger partial charge in [-0.15, -0.1) is 0 Å². The summed E-state index contributed by atoms with van der Waals surface area (Å²) < 4.78 is 0. The van der Waals surface area contributed by atoms with E-state index < -0.39 is 0 Å². The summed E-state index contributed by atoms with van der Waals surface area (Å²) in [6, 6.07) is 0. The first-order valence-electron chi connectivity index (χ1n) is 8.14. The maximum Gasteiger partial charge on any atom is -0.0151 e. The highest BCUT2D eigenvalue weighted by Gasteiger charge is 2.44. The molecule has 3 saturated carbocycles. The Hall–Kier alpha value is 0. The van der Waals surface area contributed by atoms with Gasteiger partial charge in [0.15, 0.2) is 0 Å². The first kappa shape index (κ1) is 12.1. The van der Waals surface area contributed by atoms with Gasteiger partial charge in [-0.2, -0.15) is 0 Å². The van der Waals surface area contributed by atoms with E-state index in [-0.39, 0.29) is 0 Å². The van der Waals surface area contributed by atoms with E-state index in [4.69, 9.17) is 0 Å². The van der Waals surface area contributed by atoms with Gasteiger partial charge >= 0.3 is 0 Å². The molecule has 3 rings (SSSR count). The molecule has 0 N–H and O–H groups in total. The van der Waals surface area contributed by atoms with E-state index in [1.807, 2.05) is 5.92 Å². The predicted octanol–water partition coefficient (Wildman–Crippen LogP) is 5.23. The largest absolute Gasteiger partial charge is 0.0619 e. The summed E-state index contributed by atoms with van der Waals surface area (Å²) in [5.74, 6) is 7.11. The zero-order chi connectivity index (χ0) is 11.8. The van der Waals surface area contributed by atoms with Gasteiger partial charge in [-0.1, -0.05) is 46.0 Å². The zero-order valence-corrected chi connectivity index (χ0v) is 11.8. The average molecular weight is 233 g/mol. The Morgan fingerprint density at radius 2 is 1.35 bits per heavy atom. The third kappa shape index (κ3) is 2.17. The van der Waals surface area contributed by atoms with Crippen molar-refractivity contribution in [3.8, 4) is 0 Å². The topological polar surface area (TPSA) is 0 Å². The lowest BCUT2D eigenvalue weighted by molar-refractivity contribution is 0.0981. The van der Waals surface area contributed by atoms with Crippen LogP contribution in [0, 0.1) is 35.5 Å². The van der Waals surface area contributed by atoms with Crippen molar-refractivity contribution in [2.24, 2.45) is 29.6 Å². The Morgan fingerprint density at radius 1 is 0.706 bits per heavy atom. The number of hydrogen-bond acceptors (Lipinski definition) is 0. The third-order valence-electron chi connectivity index (χ3n) is 6.17. The number of fused-ring (bicyclic) bond motifs is 1. The first-order valence-corrected chi connectivity index (χ1v) is 8.14. The molecule has 5 atom stereocenters. The molecule has 97 valence electrons. The molecule has 0 aromatic heterocycles. The minimum Gasteiger partial charge on any atom is -0.0619 e. The maximum atomic E-state index is 2.51. The smallest absolute Gasteiger partial charge is 0.0151 e. The summed E-state index contributed by atoms with van der Waals surface area (Å²) in [6.45, 7) is 5.01. The Morgan fingerprint density at radius 3 is 2.12 bits per heavy atom. The van der Waals surface area contributed by atoms with Gasteiger partial charge in [0.25, 0.3) is 0 Å². The van der Waals surface area contributed by atoms with Crippen LogP contribution in [0.25, 0.3) is 0 Å². The van der Waals surface area contributed by atoms with Gasteiger partial charge < -0.3 is 0 Å². The molecule has 0 aliphatic heterocycles. The lowest BCUT2D eigenvalue weighted by Crippen LogP contribution is -2.36. The third-order valence-corrected chi connectivity index (χ3v) is 6.17. The molecule has 0 saturated heterocycles. The Balaban J connectivity index is 1.76. The molecule has 1 radical (unpaired) electrons. The summed E-state index contributed by atoms with van der Waals surface area (Å²) in [7, 11) is 0. The van der Waals surface area contributed by atoms with Crippen LogP contribution in [-0.2, 0) is 0 Å². The SMILES string of the molecule is CC1CCC(C)[C]1C1CCCC2CCCCC21. The fourth-order valence-electron chi connectivity index (χ4n) is 5.40. The van der Waals surface area contributed by atoms with Crippen LogP contribution in [0.1, 0.15) is 71.6 Å². The van der Waals surface area contributed by atoms with Crippen molar-refractivity contribution in [1.29, 1.82) is 0 Å². The molecule has 3 fully saturated rings. The van der Waals surface area contributed by atoms with E-state index in [0.29, 0.717) is 0 Å². The molecule has 0 aromatic rings. The van der Waals surface area contributed by atoms with Crippen LogP contribution in [0.15, 0.2) is 0 Å². The van der Waals surface area contributed by atoms with E-state index >= 15 is 0 Å². The quantitative estimate of drug-likeness (QED) is 0.581. The molecule has 3 aliphatic carbocycles. The molecule has 17 heavy (non-hydrogen) atoms. The lowest BCUT2D eigenvalue weighted by Gasteiger charge is -2.46. The fraction of sp³-hybridized carbons (Fsp3) is 0.941. The van der Waals surface area contributed by atoms with Crippen molar-refractivity contribution < 1.29 is 0 Å². The number of hydrogen-bond donors (Lipinski definition) is 0. The highest BCUT2D eigenvalue weighted by Crippen LogP contribution is 2.54. The van der Waals surface area contributed by atoms with Crippen LogP contribution in [0.2, 0.25) is 0 Å². The molecule has 0 amide bonds. The summed E-state index contributed by atoms with van der Waals surface area (Å²) >= 11 is 0. The van der Waals surface area contributed by atoms with Crippen LogP contribution < -0.4 is 0 Å². The molecule has 0 spiro atoms. The van der Waals surface area contributed by atoms with Crippen molar-refractivity contribution in [2.75, 3.05) is 0 Å². The van der Waals surface area contributed by atoms with Gasteiger partial charge in [0, 0.05) is 0 Å². The first-order chi connectivity index (χ1) is 8.27. The van der Waals surface area contributed by atoms with E-state index in [0.717, 1.165) is 29.6 Å². The van der Waals surface area contributed by atoms with Gasteiger partial charge in [-0.05, 0) is 61.2 Å². The number of rotatable bonds is 1. The molecule has 0 bridgehead atoms. The second-order valence-corrected chi connectivity index (χ2v) is 7.13. The highest BCUT2D eigenvalue weighted by atomic mass is 14.5. The Labute approximate surface area is 108 Å². The van der Waals surface area contributed by atoms with Gasteiger partial charge in [0.1, 0.15) is 0 Å². The fourth-order valence-corrected chi connectivity index (χ4v) is 5.40. The standard InChI is InChI=1S/C17H29/c1-12-10-11-13(2)17(12)16-9-5-7-14-6-3-4-8-15(14)16/h12-16H,3-11H2,1-2H3. The highest BCUT2D eigenvalue weighted by molar-refractivity contribution is 5.11. The summed E-state index contributed by atoms with van der Waals surface area (Å²) in [6.07, 6.45) is 13.7. The Bertz CT molecular complexity index is 245. The Kier molecular flexibility index (Phi) is 3.50. The lowest BCUT2D eigenvalue weighted by atomic mass is 9.59. The van der Waals surface area contributed by atoms with E-state index in [2.05, 4.69) is 13.8 Å². The molecule has 3 aliphatic rings. The van der Waals surface area contributed by atoms with Crippen LogP contribution in [0.5, 0.6) is 0 Å². The van der Waals surface area contributed by atoms with Crippen molar-refractivity contribution in [3.05, 3.63) is 5.92 Å². The van der Waals surface area contributed by atoms with Gasteiger partial charge in [0.2, 0.25) is 0 Å². The molecule has 0 heteroatoms. The van der Waals surface area contributed by atoms with Crippen LogP contribution in [-0.4, -0.2) is 0 Å². The summed E-state index contributed by atoms with van der Waals surface area (Å²) in [5, 5.41) is 0. The summed E-state index contributed by atoms with van der Waals surface area (Å²) in [5.41, 5.74) is 0. The van der Waals surface area contributed by atoms with E-state index in [1.165, 1.54) is 38.5 Å². The minimum atomic E-state index is 0.940. The monoisotopic (exact) mass is 233 g/mol. The predicted molar refractivity (Wildman–Crippen MR) is 73.6 cm³/mol. The molecule has 5 unspecified atom stereocenters. The van der Waals surface area contributed by atoms with Gasteiger partial charge in [-0.3, -0.25) is 0 Å².